The molecule has 0 spiro atoms. The van der Waals surface area contributed by atoms with Gasteiger partial charge in [0.1, 0.15) is 5.69 Å². The van der Waals surface area contributed by atoms with Crippen molar-refractivity contribution in [1.29, 1.82) is 0 Å². The van der Waals surface area contributed by atoms with Crippen LogP contribution in [0.1, 0.15) is 63.0 Å². The highest BCUT2D eigenvalue weighted by atomic mass is 16.2. The van der Waals surface area contributed by atoms with Crippen molar-refractivity contribution in [2.45, 2.75) is 69.9 Å². The number of aromatic nitrogens is 1. The molecule has 2 saturated heterocycles. The third-order valence-electron chi connectivity index (χ3n) is 8.07. The average Bonchev–Trinajstić information content (AvgIpc) is 2.77. The summed E-state index contributed by atoms with van der Waals surface area (Å²) < 4.78 is 1.97. The van der Waals surface area contributed by atoms with E-state index in [1.807, 2.05) is 10.6 Å². The van der Waals surface area contributed by atoms with Gasteiger partial charge in [-0.05, 0) is 70.3 Å². The van der Waals surface area contributed by atoms with Crippen LogP contribution in [0, 0.1) is 11.8 Å². The number of carbonyl (C=O) groups is 1. The molecule has 1 aliphatic carbocycles. The van der Waals surface area contributed by atoms with Crippen molar-refractivity contribution in [2.75, 3.05) is 38.5 Å². The van der Waals surface area contributed by atoms with Crippen LogP contribution in [-0.4, -0.2) is 59.5 Å². The first-order valence-corrected chi connectivity index (χ1v) is 12.1. The normalized spacial score (nSPS) is 28.8. The first kappa shape index (κ1) is 20.3. The summed E-state index contributed by atoms with van der Waals surface area (Å²) in [6.45, 7) is 5.35. The number of nitrogens with zero attached hydrogens (tertiary/aromatic N) is 3. The Morgan fingerprint density at radius 3 is 2.53 bits per heavy atom. The zero-order valence-corrected chi connectivity index (χ0v) is 18.3. The molecule has 164 valence electrons. The Morgan fingerprint density at radius 2 is 1.77 bits per heavy atom. The van der Waals surface area contributed by atoms with Crippen molar-refractivity contribution in [2.24, 2.45) is 11.8 Å². The maximum absolute atomic E-state index is 13.2. The zero-order valence-electron chi connectivity index (χ0n) is 18.3. The van der Waals surface area contributed by atoms with Gasteiger partial charge in [0.15, 0.2) is 0 Å². The molecule has 30 heavy (non-hydrogen) atoms. The van der Waals surface area contributed by atoms with Gasteiger partial charge in [-0.25, -0.2) is 0 Å². The number of fused-ring (bicyclic) bond motifs is 4. The second-order valence-corrected chi connectivity index (χ2v) is 10.2. The van der Waals surface area contributed by atoms with Gasteiger partial charge < -0.3 is 14.8 Å². The molecule has 1 aromatic rings. The lowest BCUT2D eigenvalue weighted by molar-refractivity contribution is -0.120. The Labute approximate surface area is 179 Å². The second-order valence-electron chi connectivity index (χ2n) is 10.2. The number of nitrogens with one attached hydrogen (secondary N) is 1. The summed E-state index contributed by atoms with van der Waals surface area (Å²) in [4.78, 5) is 31.0. The van der Waals surface area contributed by atoms with Crippen LogP contribution in [0.2, 0.25) is 0 Å². The lowest BCUT2D eigenvalue weighted by Gasteiger charge is -2.47. The van der Waals surface area contributed by atoms with Gasteiger partial charge in [0.05, 0.1) is 0 Å². The Kier molecular flexibility index (Phi) is 5.71. The lowest BCUT2D eigenvalue weighted by atomic mass is 9.82. The number of likely N-dealkylation sites (tertiary alicyclic amines) is 2. The number of piperidine rings is 2. The van der Waals surface area contributed by atoms with Gasteiger partial charge in [-0.15, -0.1) is 0 Å². The number of anilines is 1. The molecule has 1 amide bonds. The average molecular weight is 413 g/mol. The molecule has 6 heteroatoms. The van der Waals surface area contributed by atoms with E-state index >= 15 is 0 Å². The van der Waals surface area contributed by atoms with Crippen LogP contribution in [0.25, 0.3) is 0 Å². The summed E-state index contributed by atoms with van der Waals surface area (Å²) in [5.41, 5.74) is 1.64. The van der Waals surface area contributed by atoms with Crippen LogP contribution >= 0.6 is 0 Å². The summed E-state index contributed by atoms with van der Waals surface area (Å²) >= 11 is 0. The topological polar surface area (TPSA) is 57.6 Å². The number of hydrogen-bond donors (Lipinski definition) is 1. The molecule has 1 N–H and O–H groups in total. The van der Waals surface area contributed by atoms with Gasteiger partial charge in [0, 0.05) is 43.2 Å². The predicted molar refractivity (Wildman–Crippen MR) is 119 cm³/mol. The monoisotopic (exact) mass is 412 g/mol. The predicted octanol–water partition coefficient (Wildman–Crippen LogP) is 2.88. The lowest BCUT2D eigenvalue weighted by Crippen LogP contribution is -2.53. The maximum Gasteiger partial charge on any atom is 0.274 e. The minimum Gasteiger partial charge on any atom is -0.321 e. The van der Waals surface area contributed by atoms with Crippen LogP contribution in [-0.2, 0) is 11.3 Å². The number of carbonyl (C=O) groups excluding carboxylic acids is 1. The molecule has 0 aromatic carbocycles. The molecular weight excluding hydrogens is 376 g/mol. The van der Waals surface area contributed by atoms with E-state index in [9.17, 15) is 9.59 Å². The molecule has 5 rings (SSSR count). The van der Waals surface area contributed by atoms with Gasteiger partial charge in [-0.3, -0.25) is 14.5 Å². The molecule has 2 unspecified atom stereocenters. The molecule has 3 aliphatic heterocycles. The van der Waals surface area contributed by atoms with Gasteiger partial charge in [-0.2, -0.15) is 0 Å². The van der Waals surface area contributed by atoms with Crippen molar-refractivity contribution in [3.8, 4) is 0 Å². The standard InChI is InChI=1S/C24H36N4O2/c1-26-11-9-20(10-12-26)27-14-17-13-19(16-27)22-8-7-21(24(30)28(22)15-17)25-23(29)18-5-3-2-4-6-18/h7-8,17-20H,2-6,9-16H2,1H3,(H,25,29). The quantitative estimate of drug-likeness (QED) is 0.829. The molecule has 1 aromatic heterocycles. The van der Waals surface area contributed by atoms with Crippen molar-refractivity contribution >= 4 is 11.6 Å². The molecule has 4 aliphatic rings. The van der Waals surface area contributed by atoms with E-state index in [4.69, 9.17) is 0 Å². The first-order chi connectivity index (χ1) is 14.6. The van der Waals surface area contributed by atoms with Gasteiger partial charge >= 0.3 is 0 Å². The third kappa shape index (κ3) is 3.96. The van der Waals surface area contributed by atoms with E-state index in [2.05, 4.69) is 28.2 Å². The van der Waals surface area contributed by atoms with Crippen molar-refractivity contribution < 1.29 is 4.79 Å². The molecule has 1 saturated carbocycles. The second kappa shape index (κ2) is 8.46. The largest absolute Gasteiger partial charge is 0.321 e. The highest BCUT2D eigenvalue weighted by Gasteiger charge is 2.38. The Bertz CT molecular complexity index is 836. The molecular formula is C24H36N4O2. The SMILES string of the molecule is CN1CCC(N2CC3CC(C2)c2ccc(NC(=O)C4CCCCC4)c(=O)n2C3)CC1. The summed E-state index contributed by atoms with van der Waals surface area (Å²) in [6, 6.07) is 4.67. The Hall–Kier alpha value is -1.66. The minimum absolute atomic E-state index is 0.000833. The summed E-state index contributed by atoms with van der Waals surface area (Å²) in [6.07, 6.45) is 9.09. The van der Waals surface area contributed by atoms with Crippen LogP contribution in [0.3, 0.4) is 0 Å². The number of hydrogen-bond acceptors (Lipinski definition) is 4. The van der Waals surface area contributed by atoms with Crippen LogP contribution < -0.4 is 10.9 Å². The Balaban J connectivity index is 1.31. The van der Waals surface area contributed by atoms with Crippen molar-refractivity contribution in [3.63, 3.8) is 0 Å². The first-order valence-electron chi connectivity index (χ1n) is 12.1. The summed E-state index contributed by atoms with van der Waals surface area (Å²) in [7, 11) is 2.22. The fourth-order valence-corrected chi connectivity index (χ4v) is 6.34. The van der Waals surface area contributed by atoms with Gasteiger partial charge in [0.2, 0.25) is 5.91 Å². The third-order valence-corrected chi connectivity index (χ3v) is 8.07. The summed E-state index contributed by atoms with van der Waals surface area (Å²) in [5.74, 6) is 1.09. The van der Waals surface area contributed by atoms with Gasteiger partial charge in [-0.1, -0.05) is 19.3 Å². The number of amides is 1. The van der Waals surface area contributed by atoms with Gasteiger partial charge in [0.25, 0.3) is 5.56 Å². The van der Waals surface area contributed by atoms with E-state index in [1.54, 1.807) is 0 Å². The molecule has 3 fully saturated rings. The fraction of sp³-hybridized carbons (Fsp3) is 0.750. The van der Waals surface area contributed by atoms with E-state index in [-0.39, 0.29) is 17.4 Å². The molecule has 4 heterocycles. The molecule has 6 nitrogen and oxygen atoms in total. The Morgan fingerprint density at radius 1 is 1.00 bits per heavy atom. The van der Waals surface area contributed by atoms with Crippen molar-refractivity contribution in [3.05, 3.63) is 28.2 Å². The highest BCUT2D eigenvalue weighted by Crippen LogP contribution is 2.37. The zero-order chi connectivity index (χ0) is 20.7. The summed E-state index contributed by atoms with van der Waals surface area (Å²) in [5, 5.41) is 2.97. The molecule has 2 atom stereocenters. The molecule has 2 bridgehead atoms. The number of pyridine rings is 1. The fourth-order valence-electron chi connectivity index (χ4n) is 6.34. The smallest absolute Gasteiger partial charge is 0.274 e. The maximum atomic E-state index is 13.2. The number of rotatable bonds is 3. The van der Waals surface area contributed by atoms with E-state index < -0.39 is 0 Å². The van der Waals surface area contributed by atoms with E-state index in [0.717, 1.165) is 45.3 Å². The van der Waals surface area contributed by atoms with Crippen LogP contribution in [0.15, 0.2) is 16.9 Å². The highest BCUT2D eigenvalue weighted by molar-refractivity contribution is 5.92. The molecule has 0 radical (unpaired) electrons. The van der Waals surface area contributed by atoms with Crippen molar-refractivity contribution in [1.82, 2.24) is 14.4 Å². The van der Waals surface area contributed by atoms with Crippen LogP contribution in [0.5, 0.6) is 0 Å². The van der Waals surface area contributed by atoms with E-state index in [1.165, 1.54) is 44.5 Å². The van der Waals surface area contributed by atoms with Crippen LogP contribution in [0.4, 0.5) is 5.69 Å². The van der Waals surface area contributed by atoms with E-state index in [0.29, 0.717) is 23.6 Å². The minimum atomic E-state index is -0.000833.